The summed E-state index contributed by atoms with van der Waals surface area (Å²) in [5.74, 6) is 0. The van der Waals surface area contributed by atoms with E-state index in [1.165, 1.54) is 32.9 Å². The summed E-state index contributed by atoms with van der Waals surface area (Å²) in [7, 11) is 0. The number of para-hydroxylation sites is 3. The maximum absolute atomic E-state index is 10.2. The van der Waals surface area contributed by atoms with E-state index in [-0.39, 0.29) is 0 Å². The summed E-state index contributed by atoms with van der Waals surface area (Å²) in [6.45, 7) is 0. The molecule has 0 spiro atoms. The molecule has 0 radical (unpaired) electrons. The number of benzene rings is 5. The first kappa shape index (κ1) is 27.9. The lowest BCUT2D eigenvalue weighted by Gasteiger charge is -2.17. The molecular formula is C44H30N4. The van der Waals surface area contributed by atoms with Crippen LogP contribution in [-0.2, 0) is 12.8 Å². The van der Waals surface area contributed by atoms with Crippen LogP contribution in [0, 0.1) is 22.7 Å². The number of aromatic nitrogens is 2. The summed E-state index contributed by atoms with van der Waals surface area (Å²) in [6.07, 6.45) is 10.3. The monoisotopic (exact) mass is 614 g/mol. The van der Waals surface area contributed by atoms with Gasteiger partial charge in [-0.05, 0) is 90.4 Å². The van der Waals surface area contributed by atoms with E-state index in [2.05, 4.69) is 143 Å². The number of fused-ring (bicyclic) bond motifs is 6. The predicted molar refractivity (Wildman–Crippen MR) is 195 cm³/mol. The van der Waals surface area contributed by atoms with Gasteiger partial charge in [0.05, 0.1) is 39.6 Å². The van der Waals surface area contributed by atoms with Gasteiger partial charge in [0.15, 0.2) is 0 Å². The van der Waals surface area contributed by atoms with Gasteiger partial charge in [-0.25, -0.2) is 0 Å². The van der Waals surface area contributed by atoms with Crippen molar-refractivity contribution >= 4 is 33.5 Å². The van der Waals surface area contributed by atoms with Crippen LogP contribution in [0.25, 0.3) is 67.1 Å². The van der Waals surface area contributed by atoms with Crippen LogP contribution in [-0.4, -0.2) is 9.13 Å². The Morgan fingerprint density at radius 2 is 1.25 bits per heavy atom. The van der Waals surface area contributed by atoms with Gasteiger partial charge in [-0.15, -0.1) is 0 Å². The van der Waals surface area contributed by atoms with Crippen LogP contribution in [0.3, 0.4) is 0 Å². The van der Waals surface area contributed by atoms with Crippen LogP contribution in [0.15, 0.2) is 127 Å². The van der Waals surface area contributed by atoms with E-state index in [4.69, 9.17) is 0 Å². The van der Waals surface area contributed by atoms with Gasteiger partial charge in [0.2, 0.25) is 0 Å². The third-order valence-corrected chi connectivity index (χ3v) is 9.99. The highest BCUT2D eigenvalue weighted by molar-refractivity contribution is 6.09. The molecule has 0 aliphatic heterocycles. The summed E-state index contributed by atoms with van der Waals surface area (Å²) in [6, 6.07) is 45.3. The standard InChI is InChI=1S/C44H30N4/c45-27-31-24-25-33(47-41-17-6-4-14-37(41)38-15-9-10-32(28-46)44(38)47)26-39(31)30-22-20-29(21-23-30)34-11-1-5-16-40(34)48-42-18-7-2-12-35(42)36-13-3-8-19-43(36)48/h1-3,5-8,10-13,16-26H,4,9,14-15H2. The van der Waals surface area contributed by atoms with Crippen LogP contribution in [0.4, 0.5) is 0 Å². The van der Waals surface area contributed by atoms with Crippen molar-refractivity contribution in [3.05, 3.63) is 155 Å². The van der Waals surface area contributed by atoms with E-state index in [9.17, 15) is 10.5 Å². The second-order valence-corrected chi connectivity index (χ2v) is 12.5. The van der Waals surface area contributed by atoms with E-state index in [0.29, 0.717) is 5.56 Å². The van der Waals surface area contributed by atoms with Crippen LogP contribution in [0.2, 0.25) is 0 Å². The topological polar surface area (TPSA) is 57.4 Å². The molecule has 2 heterocycles. The molecule has 2 aromatic heterocycles. The zero-order chi connectivity index (χ0) is 32.2. The van der Waals surface area contributed by atoms with Gasteiger partial charge in [0, 0.05) is 33.3 Å². The Kier molecular flexibility index (Phi) is 6.49. The number of hydrogen-bond acceptors (Lipinski definition) is 2. The maximum Gasteiger partial charge on any atom is 0.101 e. The van der Waals surface area contributed by atoms with Crippen molar-refractivity contribution in [3.8, 4) is 45.8 Å². The summed E-state index contributed by atoms with van der Waals surface area (Å²) in [5.41, 5.74) is 14.7. The predicted octanol–water partition coefficient (Wildman–Crippen LogP) is 10.6. The third-order valence-electron chi connectivity index (χ3n) is 9.99. The Bertz CT molecular complexity index is 2520. The van der Waals surface area contributed by atoms with E-state index < -0.39 is 0 Å². The molecule has 2 aliphatic rings. The minimum Gasteiger partial charge on any atom is -0.309 e. The zero-order valence-corrected chi connectivity index (χ0v) is 26.3. The Morgan fingerprint density at radius 3 is 1.98 bits per heavy atom. The largest absolute Gasteiger partial charge is 0.309 e. The van der Waals surface area contributed by atoms with Gasteiger partial charge in [0.1, 0.15) is 6.07 Å². The first-order valence-electron chi connectivity index (χ1n) is 16.5. The molecule has 9 rings (SSSR count). The molecular weight excluding hydrogens is 585 g/mol. The molecule has 226 valence electrons. The summed E-state index contributed by atoms with van der Waals surface area (Å²) in [5, 5.41) is 22.8. The molecule has 4 heteroatoms. The molecule has 0 N–H and O–H groups in total. The van der Waals surface area contributed by atoms with E-state index in [1.54, 1.807) is 0 Å². The number of rotatable bonds is 4. The van der Waals surface area contributed by atoms with Crippen molar-refractivity contribution in [1.82, 2.24) is 9.13 Å². The van der Waals surface area contributed by atoms with E-state index in [0.717, 1.165) is 76.3 Å². The first-order valence-corrected chi connectivity index (χ1v) is 16.5. The summed E-state index contributed by atoms with van der Waals surface area (Å²) in [4.78, 5) is 0. The molecule has 0 fully saturated rings. The molecule has 0 unspecified atom stereocenters. The van der Waals surface area contributed by atoms with Crippen molar-refractivity contribution in [3.63, 3.8) is 0 Å². The van der Waals surface area contributed by atoms with Gasteiger partial charge >= 0.3 is 0 Å². The van der Waals surface area contributed by atoms with Gasteiger partial charge in [-0.1, -0.05) is 91.0 Å². The lowest BCUT2D eigenvalue weighted by Crippen LogP contribution is -2.06. The highest BCUT2D eigenvalue weighted by atomic mass is 15.0. The van der Waals surface area contributed by atoms with Gasteiger partial charge in [-0.2, -0.15) is 10.5 Å². The Morgan fingerprint density at radius 1 is 0.583 bits per heavy atom. The van der Waals surface area contributed by atoms with Crippen LogP contribution in [0.5, 0.6) is 0 Å². The molecule has 0 saturated heterocycles. The third kappa shape index (κ3) is 4.20. The van der Waals surface area contributed by atoms with Crippen LogP contribution in [0.1, 0.15) is 40.9 Å². The van der Waals surface area contributed by atoms with Crippen molar-refractivity contribution in [2.24, 2.45) is 0 Å². The molecule has 5 aromatic carbocycles. The van der Waals surface area contributed by atoms with Gasteiger partial charge in [0.25, 0.3) is 0 Å². The fraction of sp³-hybridized carbons (Fsp3) is 0.0909. The molecule has 7 aromatic rings. The second kappa shape index (κ2) is 11.2. The molecule has 0 bridgehead atoms. The maximum atomic E-state index is 10.2. The van der Waals surface area contributed by atoms with Gasteiger partial charge < -0.3 is 9.13 Å². The van der Waals surface area contributed by atoms with Crippen molar-refractivity contribution < 1.29 is 0 Å². The normalized spacial score (nSPS) is 13.5. The van der Waals surface area contributed by atoms with Crippen molar-refractivity contribution in [2.75, 3.05) is 0 Å². The van der Waals surface area contributed by atoms with Crippen molar-refractivity contribution in [1.29, 1.82) is 10.5 Å². The molecule has 48 heavy (non-hydrogen) atoms. The Balaban J connectivity index is 1.17. The van der Waals surface area contributed by atoms with Gasteiger partial charge in [-0.3, -0.25) is 0 Å². The smallest absolute Gasteiger partial charge is 0.101 e. The van der Waals surface area contributed by atoms with Crippen LogP contribution < -0.4 is 0 Å². The number of hydrogen-bond donors (Lipinski definition) is 0. The zero-order valence-electron chi connectivity index (χ0n) is 26.3. The summed E-state index contributed by atoms with van der Waals surface area (Å²) >= 11 is 0. The fourth-order valence-corrected chi connectivity index (χ4v) is 7.87. The number of allylic oxidation sites excluding steroid dienone is 3. The minimum absolute atomic E-state index is 0.624. The second-order valence-electron chi connectivity index (χ2n) is 12.5. The Labute approximate surface area is 279 Å². The Hall–Kier alpha value is -6.36. The highest BCUT2D eigenvalue weighted by Crippen LogP contribution is 2.41. The van der Waals surface area contributed by atoms with E-state index in [1.807, 2.05) is 12.1 Å². The van der Waals surface area contributed by atoms with E-state index >= 15 is 0 Å². The minimum atomic E-state index is 0.624. The fourth-order valence-electron chi connectivity index (χ4n) is 7.87. The quantitative estimate of drug-likeness (QED) is 0.198. The number of nitriles is 2. The molecule has 2 aliphatic carbocycles. The molecule has 4 nitrogen and oxygen atoms in total. The molecule has 0 atom stereocenters. The number of nitrogens with zero attached hydrogens (tertiary/aromatic N) is 4. The highest BCUT2D eigenvalue weighted by Gasteiger charge is 2.28. The lowest BCUT2D eigenvalue weighted by molar-refractivity contribution is 0.919. The first-order chi connectivity index (χ1) is 23.7. The average molecular weight is 615 g/mol. The van der Waals surface area contributed by atoms with Crippen LogP contribution >= 0.6 is 0 Å². The summed E-state index contributed by atoms with van der Waals surface area (Å²) < 4.78 is 4.61. The molecule has 0 saturated carbocycles. The average Bonchev–Trinajstić information content (AvgIpc) is 3.68. The lowest BCUT2D eigenvalue weighted by atomic mass is 9.91. The van der Waals surface area contributed by atoms with Crippen molar-refractivity contribution in [2.45, 2.75) is 25.7 Å². The molecule has 0 amide bonds. The SMILES string of the molecule is N#CC1=CCCc2c3c(n(-c4ccc(C#N)c(-c5ccc(-c6ccccc6-n6c7ccccc7c7ccccc76)cc5)c4)c21)C=CCC3.